The third-order valence-corrected chi connectivity index (χ3v) is 6.14. The van der Waals surface area contributed by atoms with Crippen LogP contribution < -0.4 is 5.32 Å². The largest absolute Gasteiger partial charge is 0.436 e. The molecule has 1 N–H and O–H groups in total. The number of likely N-dealkylation sites (tertiary alicyclic amines) is 1. The van der Waals surface area contributed by atoms with Crippen LogP contribution in [-0.4, -0.2) is 54.3 Å². The summed E-state index contributed by atoms with van der Waals surface area (Å²) in [5.74, 6) is 0.144. The molecule has 190 valence electrons. The van der Waals surface area contributed by atoms with Crippen molar-refractivity contribution < 1.29 is 27.1 Å². The van der Waals surface area contributed by atoms with Gasteiger partial charge in [-0.1, -0.05) is 0 Å². The predicted octanol–water partition coefficient (Wildman–Crippen LogP) is 5.44. The fourth-order valence-electron chi connectivity index (χ4n) is 4.28. The van der Waals surface area contributed by atoms with Crippen LogP contribution in [0.4, 0.5) is 18.9 Å². The summed E-state index contributed by atoms with van der Waals surface area (Å²) in [5, 5.41) is 11.9. The van der Waals surface area contributed by atoms with Crippen molar-refractivity contribution in [2.75, 3.05) is 31.6 Å². The highest BCUT2D eigenvalue weighted by molar-refractivity contribution is 5.92. The maximum atomic E-state index is 12.3. The van der Waals surface area contributed by atoms with E-state index >= 15 is 0 Å². The number of aryl methyl sites for hydroxylation is 1. The van der Waals surface area contributed by atoms with Crippen LogP contribution in [0, 0.1) is 18.3 Å². The molecule has 1 aromatic heterocycles. The van der Waals surface area contributed by atoms with E-state index in [1.165, 1.54) is 0 Å². The van der Waals surface area contributed by atoms with Gasteiger partial charge >= 0.3 is 6.18 Å². The molecule has 1 fully saturated rings. The van der Waals surface area contributed by atoms with Crippen molar-refractivity contribution in [2.45, 2.75) is 44.9 Å². The fraction of sp³-hybridized carbons (Fsp3) is 0.423. The first-order valence-electron chi connectivity index (χ1n) is 11.8. The lowest BCUT2D eigenvalue weighted by Gasteiger charge is -2.31. The topological polar surface area (TPSA) is 91.4 Å². The van der Waals surface area contributed by atoms with Crippen molar-refractivity contribution in [3.05, 3.63) is 47.5 Å². The SMILES string of the molecule is Cc1cc(C#N)cc2nc(-c3ccc(NC(=O)COC4CCN(CCCC(F)(F)F)CC4)cc3)oc12. The van der Waals surface area contributed by atoms with Gasteiger partial charge in [-0.05, 0) is 74.7 Å². The van der Waals surface area contributed by atoms with Crippen LogP contribution in [0.15, 0.2) is 40.8 Å². The zero-order valence-corrected chi connectivity index (χ0v) is 19.9. The molecule has 0 aliphatic carbocycles. The maximum absolute atomic E-state index is 12.3. The van der Waals surface area contributed by atoms with E-state index in [1.54, 1.807) is 36.4 Å². The number of hydrogen-bond acceptors (Lipinski definition) is 6. The number of rotatable bonds is 8. The Morgan fingerprint density at radius 3 is 2.64 bits per heavy atom. The molecule has 10 heteroatoms. The number of nitrogens with one attached hydrogen (secondary N) is 1. The van der Waals surface area contributed by atoms with E-state index in [-0.39, 0.29) is 25.0 Å². The second kappa shape index (κ2) is 11.1. The number of carbonyl (C=O) groups is 1. The first kappa shape index (κ1) is 25.7. The van der Waals surface area contributed by atoms with E-state index in [4.69, 9.17) is 14.4 Å². The summed E-state index contributed by atoms with van der Waals surface area (Å²) in [6.45, 7) is 3.53. The minimum atomic E-state index is -4.11. The predicted molar refractivity (Wildman–Crippen MR) is 128 cm³/mol. The molecule has 36 heavy (non-hydrogen) atoms. The molecular formula is C26H27F3N4O3. The molecule has 0 bridgehead atoms. The Kier molecular flexibility index (Phi) is 7.91. The molecule has 0 radical (unpaired) electrons. The summed E-state index contributed by atoms with van der Waals surface area (Å²) in [5.41, 5.74) is 3.94. The van der Waals surface area contributed by atoms with Gasteiger partial charge < -0.3 is 19.4 Å². The van der Waals surface area contributed by atoms with E-state index in [0.29, 0.717) is 60.7 Å². The third kappa shape index (κ3) is 6.83. The summed E-state index contributed by atoms with van der Waals surface area (Å²) in [7, 11) is 0. The number of amides is 1. The van der Waals surface area contributed by atoms with E-state index in [1.807, 2.05) is 11.8 Å². The summed E-state index contributed by atoms with van der Waals surface area (Å²) >= 11 is 0. The van der Waals surface area contributed by atoms with Crippen LogP contribution in [0.25, 0.3) is 22.6 Å². The lowest BCUT2D eigenvalue weighted by Crippen LogP contribution is -2.38. The first-order valence-corrected chi connectivity index (χ1v) is 11.8. The molecule has 3 aromatic rings. The van der Waals surface area contributed by atoms with Crippen LogP contribution in [0.5, 0.6) is 0 Å². The van der Waals surface area contributed by atoms with Crippen LogP contribution in [0.2, 0.25) is 0 Å². The van der Waals surface area contributed by atoms with Gasteiger partial charge in [0.1, 0.15) is 12.1 Å². The quantitative estimate of drug-likeness (QED) is 0.443. The Labute approximate surface area is 206 Å². The van der Waals surface area contributed by atoms with Gasteiger partial charge in [0.25, 0.3) is 0 Å². The Hall–Kier alpha value is -3.42. The highest BCUT2D eigenvalue weighted by atomic mass is 19.4. The van der Waals surface area contributed by atoms with Crippen molar-refractivity contribution in [3.8, 4) is 17.5 Å². The number of oxazole rings is 1. The minimum Gasteiger partial charge on any atom is -0.436 e. The van der Waals surface area contributed by atoms with Crippen molar-refractivity contribution in [1.29, 1.82) is 5.26 Å². The molecule has 0 atom stereocenters. The van der Waals surface area contributed by atoms with Gasteiger partial charge in [0.05, 0.1) is 17.7 Å². The monoisotopic (exact) mass is 500 g/mol. The zero-order valence-electron chi connectivity index (χ0n) is 19.9. The minimum absolute atomic E-state index is 0.0823. The number of aromatic nitrogens is 1. The highest BCUT2D eigenvalue weighted by Crippen LogP contribution is 2.28. The van der Waals surface area contributed by atoms with Gasteiger partial charge in [-0.15, -0.1) is 0 Å². The highest BCUT2D eigenvalue weighted by Gasteiger charge is 2.27. The van der Waals surface area contributed by atoms with Crippen molar-refractivity contribution >= 4 is 22.7 Å². The van der Waals surface area contributed by atoms with Crippen LogP contribution in [-0.2, 0) is 9.53 Å². The van der Waals surface area contributed by atoms with E-state index < -0.39 is 12.6 Å². The Bertz CT molecular complexity index is 1240. The first-order chi connectivity index (χ1) is 17.2. The number of fused-ring (bicyclic) bond motifs is 1. The second-order valence-electron chi connectivity index (χ2n) is 8.97. The fourth-order valence-corrected chi connectivity index (χ4v) is 4.28. The van der Waals surface area contributed by atoms with E-state index in [2.05, 4.69) is 16.4 Å². The smallest absolute Gasteiger partial charge is 0.389 e. The molecule has 2 aromatic carbocycles. The number of nitrogens with zero attached hydrogens (tertiary/aromatic N) is 3. The van der Waals surface area contributed by atoms with Gasteiger partial charge in [-0.25, -0.2) is 4.98 Å². The summed E-state index contributed by atoms with van der Waals surface area (Å²) < 4.78 is 48.4. The molecule has 0 spiro atoms. The number of halogens is 3. The normalized spacial score (nSPS) is 15.2. The van der Waals surface area contributed by atoms with E-state index in [9.17, 15) is 18.0 Å². The molecule has 2 heterocycles. The number of benzene rings is 2. The Morgan fingerprint density at radius 2 is 1.97 bits per heavy atom. The number of ether oxygens (including phenoxy) is 1. The average Bonchev–Trinajstić information content (AvgIpc) is 3.28. The number of anilines is 1. The van der Waals surface area contributed by atoms with Crippen molar-refractivity contribution in [2.24, 2.45) is 0 Å². The summed E-state index contributed by atoms with van der Waals surface area (Å²) in [4.78, 5) is 18.8. The molecule has 0 saturated carbocycles. The number of carbonyl (C=O) groups excluding carboxylic acids is 1. The molecule has 1 aliphatic rings. The van der Waals surface area contributed by atoms with Gasteiger partial charge in [0.2, 0.25) is 11.8 Å². The number of alkyl halides is 3. The summed E-state index contributed by atoms with van der Waals surface area (Å²) in [6.07, 6.45) is -3.48. The zero-order chi connectivity index (χ0) is 25.7. The van der Waals surface area contributed by atoms with Gasteiger partial charge in [-0.3, -0.25) is 4.79 Å². The van der Waals surface area contributed by atoms with Crippen LogP contribution in [0.1, 0.15) is 36.8 Å². The van der Waals surface area contributed by atoms with Gasteiger partial charge in [-0.2, -0.15) is 18.4 Å². The van der Waals surface area contributed by atoms with Crippen LogP contribution >= 0.6 is 0 Å². The number of nitriles is 1. The lowest BCUT2D eigenvalue weighted by atomic mass is 10.1. The van der Waals surface area contributed by atoms with Crippen molar-refractivity contribution in [3.63, 3.8) is 0 Å². The molecule has 1 saturated heterocycles. The molecule has 7 nitrogen and oxygen atoms in total. The van der Waals surface area contributed by atoms with E-state index in [0.717, 1.165) is 11.1 Å². The van der Waals surface area contributed by atoms with Crippen molar-refractivity contribution in [1.82, 2.24) is 9.88 Å². The molecule has 1 aliphatic heterocycles. The molecule has 1 amide bonds. The average molecular weight is 501 g/mol. The third-order valence-electron chi connectivity index (χ3n) is 6.14. The second-order valence-corrected chi connectivity index (χ2v) is 8.97. The Morgan fingerprint density at radius 1 is 1.25 bits per heavy atom. The van der Waals surface area contributed by atoms with Gasteiger partial charge in [0, 0.05) is 30.8 Å². The van der Waals surface area contributed by atoms with Crippen LogP contribution in [0.3, 0.4) is 0 Å². The Balaban J connectivity index is 1.23. The standard InChI is InChI=1S/C26H27F3N4O3/c1-17-13-18(15-30)14-22-24(17)36-25(32-22)19-3-5-20(6-4-19)31-23(34)16-35-21-7-11-33(12-8-21)10-2-9-26(27,28)29/h3-6,13-14,21H,2,7-12,16H2,1H3,(H,31,34). The number of piperidine rings is 1. The maximum Gasteiger partial charge on any atom is 0.389 e. The molecule has 4 rings (SSSR count). The van der Waals surface area contributed by atoms with Gasteiger partial charge in [0.15, 0.2) is 5.58 Å². The molecular weight excluding hydrogens is 473 g/mol. The lowest BCUT2D eigenvalue weighted by molar-refractivity contribution is -0.136. The summed E-state index contributed by atoms with van der Waals surface area (Å²) in [6, 6.07) is 12.6. The molecule has 0 unspecified atom stereocenters. The number of hydrogen-bond donors (Lipinski definition) is 1.